The van der Waals surface area contributed by atoms with Crippen molar-refractivity contribution in [2.24, 2.45) is 0 Å². The lowest BCUT2D eigenvalue weighted by molar-refractivity contribution is -0.301. The molecular formula is C6H9O4-. The molecule has 0 rings (SSSR count). The zero-order valence-electron chi connectivity index (χ0n) is 5.88. The molecule has 0 aromatic rings. The predicted molar refractivity (Wildman–Crippen MR) is 30.9 cm³/mol. The molecule has 4 heteroatoms. The molecule has 0 saturated carbocycles. The molecule has 4 nitrogen and oxygen atoms in total. The monoisotopic (exact) mass is 145 g/mol. The molecule has 0 amide bonds. The van der Waals surface area contributed by atoms with E-state index in [4.69, 9.17) is 5.11 Å². The van der Waals surface area contributed by atoms with E-state index in [1.807, 2.05) is 0 Å². The van der Waals surface area contributed by atoms with Crippen molar-refractivity contribution in [1.29, 1.82) is 0 Å². The number of hydrogen-bond acceptors (Lipinski definition) is 4. The number of hydrogen-bond donors (Lipinski definition) is 1. The van der Waals surface area contributed by atoms with Crippen LogP contribution in [0.25, 0.3) is 0 Å². The van der Waals surface area contributed by atoms with Gasteiger partial charge in [-0.1, -0.05) is 6.92 Å². The van der Waals surface area contributed by atoms with Gasteiger partial charge in [0.15, 0.2) is 0 Å². The lowest BCUT2D eigenvalue weighted by Gasteiger charge is -2.19. The van der Waals surface area contributed by atoms with Crippen molar-refractivity contribution in [1.82, 2.24) is 0 Å². The first-order valence-electron chi connectivity index (χ1n) is 2.90. The van der Waals surface area contributed by atoms with Gasteiger partial charge in [0.2, 0.25) is 5.78 Å². The van der Waals surface area contributed by atoms with Gasteiger partial charge in [-0.15, -0.1) is 0 Å². The number of aliphatic hydroxyl groups is 1. The first kappa shape index (κ1) is 9.10. The van der Waals surface area contributed by atoms with E-state index in [-0.39, 0.29) is 6.42 Å². The van der Waals surface area contributed by atoms with Gasteiger partial charge in [0, 0.05) is 0 Å². The maximum absolute atomic E-state index is 10.5. The van der Waals surface area contributed by atoms with E-state index in [0.29, 0.717) is 0 Å². The summed E-state index contributed by atoms with van der Waals surface area (Å²) in [4.78, 5) is 20.4. The van der Waals surface area contributed by atoms with Crippen LogP contribution in [-0.2, 0) is 9.59 Å². The fourth-order valence-corrected chi connectivity index (χ4v) is 0.380. The molecule has 0 aliphatic carbocycles. The fraction of sp³-hybridized carbons (Fsp3) is 0.667. The van der Waals surface area contributed by atoms with Crippen LogP contribution in [0.15, 0.2) is 0 Å². The highest BCUT2D eigenvalue weighted by Crippen LogP contribution is 2.08. The smallest absolute Gasteiger partial charge is 0.209 e. The molecule has 1 atom stereocenters. The maximum atomic E-state index is 10.5. The van der Waals surface area contributed by atoms with Crippen LogP contribution in [0.3, 0.4) is 0 Å². The average molecular weight is 145 g/mol. The lowest BCUT2D eigenvalue weighted by Crippen LogP contribution is -2.46. The summed E-state index contributed by atoms with van der Waals surface area (Å²) in [5.41, 5.74) is -1.78. The van der Waals surface area contributed by atoms with Crippen molar-refractivity contribution in [2.45, 2.75) is 25.9 Å². The lowest BCUT2D eigenvalue weighted by atomic mass is 9.98. The molecule has 0 bridgehead atoms. The molecule has 10 heavy (non-hydrogen) atoms. The SMILES string of the molecule is CC[C@](C)(O)C(=O)C(=O)[O-]. The van der Waals surface area contributed by atoms with E-state index in [9.17, 15) is 14.7 Å². The second kappa shape index (κ2) is 2.79. The maximum Gasteiger partial charge on any atom is 0.209 e. The third kappa shape index (κ3) is 1.80. The molecule has 0 unspecified atom stereocenters. The Morgan fingerprint density at radius 2 is 2.00 bits per heavy atom. The molecule has 0 aliphatic heterocycles. The first-order valence-corrected chi connectivity index (χ1v) is 2.90. The normalized spacial score (nSPS) is 15.9. The number of Topliss-reactive ketones (excluding diaryl/α,β-unsaturated/α-hetero) is 1. The molecule has 0 fully saturated rings. The van der Waals surface area contributed by atoms with Crippen LogP contribution in [-0.4, -0.2) is 22.5 Å². The van der Waals surface area contributed by atoms with E-state index in [2.05, 4.69) is 0 Å². The Balaban J connectivity index is 4.33. The summed E-state index contributed by atoms with van der Waals surface area (Å²) in [6.07, 6.45) is 0.0693. The van der Waals surface area contributed by atoms with Gasteiger partial charge in [-0.3, -0.25) is 4.79 Å². The van der Waals surface area contributed by atoms with Gasteiger partial charge in [0.1, 0.15) is 11.6 Å². The van der Waals surface area contributed by atoms with Crippen LogP contribution in [0.5, 0.6) is 0 Å². The third-order valence-electron chi connectivity index (χ3n) is 1.36. The largest absolute Gasteiger partial charge is 0.542 e. The predicted octanol–water partition coefficient (Wildman–Crippen LogP) is -1.53. The number of carboxylic acid groups (broad SMARTS) is 1. The Hall–Kier alpha value is -0.900. The van der Waals surface area contributed by atoms with E-state index in [0.717, 1.165) is 6.92 Å². The molecule has 0 spiro atoms. The Bertz CT molecular complexity index is 159. The molecule has 0 radical (unpaired) electrons. The van der Waals surface area contributed by atoms with Crippen LogP contribution < -0.4 is 5.11 Å². The standard InChI is InChI=1S/C6H10O4/c1-3-6(2,10)4(7)5(8)9/h10H,3H2,1-2H3,(H,8,9)/p-1/t6-/m0/s1. The molecule has 0 aromatic carbocycles. The quantitative estimate of drug-likeness (QED) is 0.488. The number of ketones is 1. The molecular weight excluding hydrogens is 136 g/mol. The molecule has 0 heterocycles. The van der Waals surface area contributed by atoms with Crippen molar-refractivity contribution in [2.75, 3.05) is 0 Å². The summed E-state index contributed by atoms with van der Waals surface area (Å²) in [7, 11) is 0. The van der Waals surface area contributed by atoms with Crippen molar-refractivity contribution < 1.29 is 19.8 Å². The topological polar surface area (TPSA) is 77.4 Å². The second-order valence-electron chi connectivity index (χ2n) is 2.24. The number of carboxylic acids is 1. The number of rotatable bonds is 3. The highest BCUT2D eigenvalue weighted by atomic mass is 16.4. The fourth-order valence-electron chi connectivity index (χ4n) is 0.380. The van der Waals surface area contributed by atoms with Gasteiger partial charge in [0.05, 0.1) is 0 Å². The molecule has 0 aliphatic rings. The summed E-state index contributed by atoms with van der Waals surface area (Å²) in [5.74, 6) is -3.11. The highest BCUT2D eigenvalue weighted by Gasteiger charge is 2.28. The number of aliphatic carboxylic acids is 1. The minimum atomic E-state index is -1.84. The molecule has 58 valence electrons. The van der Waals surface area contributed by atoms with Gasteiger partial charge in [0.25, 0.3) is 0 Å². The van der Waals surface area contributed by atoms with Crippen molar-refractivity contribution in [3.05, 3.63) is 0 Å². The minimum Gasteiger partial charge on any atom is -0.542 e. The van der Waals surface area contributed by atoms with Crippen molar-refractivity contribution in [3.8, 4) is 0 Å². The Labute approximate surface area is 58.5 Å². The molecule has 1 N–H and O–H groups in total. The highest BCUT2D eigenvalue weighted by molar-refractivity contribution is 6.34. The van der Waals surface area contributed by atoms with Gasteiger partial charge < -0.3 is 15.0 Å². The van der Waals surface area contributed by atoms with Crippen LogP contribution in [0.2, 0.25) is 0 Å². The van der Waals surface area contributed by atoms with Gasteiger partial charge in [-0.05, 0) is 13.3 Å². The summed E-state index contributed by atoms with van der Waals surface area (Å²) in [6.45, 7) is 2.66. The summed E-state index contributed by atoms with van der Waals surface area (Å²) < 4.78 is 0. The van der Waals surface area contributed by atoms with Crippen molar-refractivity contribution in [3.63, 3.8) is 0 Å². The molecule has 0 saturated heterocycles. The van der Waals surface area contributed by atoms with E-state index in [1.165, 1.54) is 6.92 Å². The van der Waals surface area contributed by atoms with Gasteiger partial charge >= 0.3 is 0 Å². The Morgan fingerprint density at radius 1 is 1.60 bits per heavy atom. The van der Waals surface area contributed by atoms with Crippen LogP contribution in [0.4, 0.5) is 0 Å². The molecule has 0 aromatic heterocycles. The Kier molecular flexibility index (Phi) is 2.54. The zero-order valence-corrected chi connectivity index (χ0v) is 5.88. The van der Waals surface area contributed by atoms with Crippen molar-refractivity contribution >= 4 is 11.8 Å². The summed E-state index contributed by atoms with van der Waals surface area (Å²) in [5, 5.41) is 18.9. The third-order valence-corrected chi connectivity index (χ3v) is 1.36. The van der Waals surface area contributed by atoms with E-state index in [1.54, 1.807) is 0 Å². The number of carbonyl (C=O) groups is 2. The zero-order chi connectivity index (χ0) is 8.36. The minimum absolute atomic E-state index is 0.0693. The van der Waals surface area contributed by atoms with Crippen LogP contribution >= 0.6 is 0 Å². The summed E-state index contributed by atoms with van der Waals surface area (Å²) in [6, 6.07) is 0. The first-order chi connectivity index (χ1) is 4.41. The van der Waals surface area contributed by atoms with E-state index >= 15 is 0 Å². The van der Waals surface area contributed by atoms with Gasteiger partial charge in [-0.2, -0.15) is 0 Å². The Morgan fingerprint density at radius 3 is 2.10 bits per heavy atom. The second-order valence-corrected chi connectivity index (χ2v) is 2.24. The van der Waals surface area contributed by atoms with Gasteiger partial charge in [-0.25, -0.2) is 0 Å². The number of carbonyl (C=O) groups excluding carboxylic acids is 2. The van der Waals surface area contributed by atoms with E-state index < -0.39 is 17.4 Å². The van der Waals surface area contributed by atoms with Crippen LogP contribution in [0.1, 0.15) is 20.3 Å². The van der Waals surface area contributed by atoms with Crippen LogP contribution in [0, 0.1) is 0 Å². The summed E-state index contributed by atoms with van der Waals surface area (Å²) >= 11 is 0. The average Bonchev–Trinajstić information content (AvgIpc) is 1.86.